The first-order valence-electron chi connectivity index (χ1n) is 11.7. The first-order valence-corrected chi connectivity index (χ1v) is 12.0. The van der Waals surface area contributed by atoms with E-state index in [1.54, 1.807) is 6.20 Å². The molecule has 2 aliphatic heterocycles. The third-order valence-corrected chi connectivity index (χ3v) is 8.18. The lowest BCUT2D eigenvalue weighted by molar-refractivity contribution is -0.123. The molecule has 3 heterocycles. The number of aromatic nitrogens is 1. The molecule has 1 aliphatic carbocycles. The van der Waals surface area contributed by atoms with Crippen LogP contribution in [0.15, 0.2) is 24.4 Å². The number of halogens is 2. The second kappa shape index (κ2) is 8.83. The molecule has 1 aromatic carbocycles. The summed E-state index contributed by atoms with van der Waals surface area (Å²) in [6, 6.07) is 8.09. The van der Waals surface area contributed by atoms with Crippen molar-refractivity contribution in [2.75, 3.05) is 31.6 Å². The highest BCUT2D eigenvalue weighted by Gasteiger charge is 2.46. The molecule has 3 aliphatic rings. The molecule has 4 atom stereocenters. The summed E-state index contributed by atoms with van der Waals surface area (Å²) in [6.45, 7) is 4.18. The van der Waals surface area contributed by atoms with Crippen molar-refractivity contribution in [2.24, 2.45) is 11.8 Å². The van der Waals surface area contributed by atoms with Crippen molar-refractivity contribution in [3.8, 4) is 6.07 Å². The van der Waals surface area contributed by atoms with Gasteiger partial charge in [0, 0.05) is 16.6 Å². The normalized spacial score (nSPS) is 30.7. The number of nitriles is 1. The Hall–Kier alpha value is -2.27. The van der Waals surface area contributed by atoms with Crippen LogP contribution in [0.1, 0.15) is 44.1 Å². The summed E-state index contributed by atoms with van der Waals surface area (Å²) < 4.78 is 19.8. The molecule has 2 aromatic rings. The van der Waals surface area contributed by atoms with E-state index in [4.69, 9.17) is 21.6 Å². The lowest BCUT2D eigenvalue weighted by Gasteiger charge is -2.43. The molecule has 0 bridgehead atoms. The predicted octanol–water partition coefficient (Wildman–Crippen LogP) is 4.68. The number of hydrogen-bond acceptors (Lipinski definition) is 5. The summed E-state index contributed by atoms with van der Waals surface area (Å²) in [5, 5.41) is 14.6. The quantitative estimate of drug-likeness (QED) is 0.701. The van der Waals surface area contributed by atoms with Crippen molar-refractivity contribution < 1.29 is 13.9 Å². The fourth-order valence-corrected chi connectivity index (χ4v) is 5.71. The molecule has 0 radical (unpaired) electrons. The van der Waals surface area contributed by atoms with Gasteiger partial charge in [0.25, 0.3) is 0 Å². The fraction of sp³-hybridized carbons (Fsp3) is 0.560. The number of carbonyl (C=O) groups excluding carboxylic acids is 1. The van der Waals surface area contributed by atoms with Crippen LogP contribution in [0.5, 0.6) is 0 Å². The zero-order valence-corrected chi connectivity index (χ0v) is 19.4. The maximum absolute atomic E-state index is 14.4. The van der Waals surface area contributed by atoms with Gasteiger partial charge in [0.2, 0.25) is 5.91 Å². The number of benzene rings is 1. The van der Waals surface area contributed by atoms with Gasteiger partial charge in [0.05, 0.1) is 36.7 Å². The predicted molar refractivity (Wildman–Crippen MR) is 125 cm³/mol. The minimum atomic E-state index is -0.956. The number of alkyl halides is 1. The number of hydrogen-bond donors (Lipinski definition) is 1. The van der Waals surface area contributed by atoms with E-state index < -0.39 is 11.7 Å². The standard InChI is InChI=1S/C25H28ClFN4O2/c1-25(14-33-13-22(25)27)31-6-4-15(5-7-31)20-8-17-10-23(29-12-18(17)9-21(20)26)30-24(32)19-3-2-16(19)11-28/h8-10,12,15-16,19,22H,2-7,13-14H2,1H3,(H,29,30,32)/t16-,19-,22+,25-/m0/s1. The van der Waals surface area contributed by atoms with Crippen LogP contribution in [0.2, 0.25) is 5.02 Å². The molecule has 1 N–H and O–H groups in total. The number of nitrogens with zero attached hydrogens (tertiary/aromatic N) is 3. The third kappa shape index (κ3) is 4.09. The minimum Gasteiger partial charge on any atom is -0.376 e. The molecule has 33 heavy (non-hydrogen) atoms. The van der Waals surface area contributed by atoms with Gasteiger partial charge in [-0.15, -0.1) is 0 Å². The Bertz CT molecular complexity index is 1110. The van der Waals surface area contributed by atoms with Gasteiger partial charge >= 0.3 is 0 Å². The Labute approximate surface area is 198 Å². The van der Waals surface area contributed by atoms with Gasteiger partial charge in [-0.2, -0.15) is 5.26 Å². The first-order chi connectivity index (χ1) is 15.9. The van der Waals surface area contributed by atoms with E-state index >= 15 is 0 Å². The maximum Gasteiger partial charge on any atom is 0.229 e. The smallest absolute Gasteiger partial charge is 0.229 e. The molecule has 6 nitrogen and oxygen atoms in total. The van der Waals surface area contributed by atoms with Gasteiger partial charge in [-0.25, -0.2) is 9.37 Å². The van der Waals surface area contributed by atoms with Crippen LogP contribution in [0.4, 0.5) is 10.2 Å². The summed E-state index contributed by atoms with van der Waals surface area (Å²) in [6.07, 6.45) is 4.08. The Morgan fingerprint density at radius 1 is 1.27 bits per heavy atom. The number of ether oxygens (including phenoxy) is 1. The molecule has 3 fully saturated rings. The summed E-state index contributed by atoms with van der Waals surface area (Å²) in [4.78, 5) is 19.1. The van der Waals surface area contributed by atoms with Crippen molar-refractivity contribution in [2.45, 2.75) is 50.2 Å². The fourth-order valence-electron chi connectivity index (χ4n) is 5.38. The van der Waals surface area contributed by atoms with E-state index in [1.807, 2.05) is 19.1 Å². The SMILES string of the molecule is C[C@]1(N2CCC(c3cc4cc(NC(=O)[C@H]5CC[C@H]5C#N)ncc4cc3Cl)CC2)COC[C@H]1F. The van der Waals surface area contributed by atoms with Crippen LogP contribution in [-0.2, 0) is 9.53 Å². The monoisotopic (exact) mass is 470 g/mol. The Morgan fingerprint density at radius 2 is 2.06 bits per heavy atom. The number of piperidine rings is 1. The number of carbonyl (C=O) groups is 1. The Kier molecular flexibility index (Phi) is 6.02. The lowest BCUT2D eigenvalue weighted by atomic mass is 9.74. The molecule has 1 saturated carbocycles. The average Bonchev–Trinajstić information content (AvgIpc) is 3.12. The van der Waals surface area contributed by atoms with Crippen molar-refractivity contribution in [1.82, 2.24) is 9.88 Å². The maximum atomic E-state index is 14.4. The highest BCUT2D eigenvalue weighted by Crippen LogP contribution is 2.39. The largest absolute Gasteiger partial charge is 0.376 e. The van der Waals surface area contributed by atoms with Gasteiger partial charge in [0.1, 0.15) is 12.0 Å². The van der Waals surface area contributed by atoms with Gasteiger partial charge in [0.15, 0.2) is 0 Å². The highest BCUT2D eigenvalue weighted by atomic mass is 35.5. The van der Waals surface area contributed by atoms with Gasteiger partial charge in [-0.05, 0) is 80.8 Å². The molecule has 0 unspecified atom stereocenters. The molecule has 2 saturated heterocycles. The Morgan fingerprint density at radius 3 is 2.70 bits per heavy atom. The summed E-state index contributed by atoms with van der Waals surface area (Å²) in [5.74, 6) is 0.181. The molecule has 0 spiro atoms. The second-order valence-electron chi connectivity index (χ2n) is 9.80. The summed E-state index contributed by atoms with van der Waals surface area (Å²) in [5.41, 5.74) is 0.544. The van der Waals surface area contributed by atoms with Gasteiger partial charge < -0.3 is 10.1 Å². The van der Waals surface area contributed by atoms with Gasteiger partial charge in [-0.1, -0.05) is 11.6 Å². The average molecular weight is 471 g/mol. The number of anilines is 1. The highest BCUT2D eigenvalue weighted by molar-refractivity contribution is 6.32. The van der Waals surface area contributed by atoms with Crippen molar-refractivity contribution in [1.29, 1.82) is 5.26 Å². The minimum absolute atomic E-state index is 0.142. The number of amides is 1. The third-order valence-electron chi connectivity index (χ3n) is 7.86. The van der Waals surface area contributed by atoms with Crippen LogP contribution >= 0.6 is 11.6 Å². The topological polar surface area (TPSA) is 78.3 Å². The van der Waals surface area contributed by atoms with E-state index in [2.05, 4.69) is 27.3 Å². The van der Waals surface area contributed by atoms with Crippen LogP contribution < -0.4 is 5.32 Å². The lowest BCUT2D eigenvalue weighted by Crippen LogP contribution is -2.55. The van der Waals surface area contributed by atoms with Gasteiger partial charge in [-0.3, -0.25) is 9.69 Å². The molecular weight excluding hydrogens is 443 g/mol. The number of rotatable bonds is 4. The van der Waals surface area contributed by atoms with Crippen molar-refractivity contribution >= 4 is 34.1 Å². The number of pyridine rings is 1. The molecule has 8 heteroatoms. The first kappa shape index (κ1) is 22.5. The zero-order valence-electron chi connectivity index (χ0n) is 18.7. The molecule has 1 aromatic heterocycles. The molecule has 1 amide bonds. The van der Waals surface area contributed by atoms with E-state index in [1.165, 1.54) is 0 Å². The van der Waals surface area contributed by atoms with E-state index in [0.29, 0.717) is 23.4 Å². The van der Waals surface area contributed by atoms with E-state index in [9.17, 15) is 9.18 Å². The summed E-state index contributed by atoms with van der Waals surface area (Å²) in [7, 11) is 0. The summed E-state index contributed by atoms with van der Waals surface area (Å²) >= 11 is 6.65. The molecular formula is C25H28ClFN4O2. The van der Waals surface area contributed by atoms with Crippen LogP contribution in [-0.4, -0.2) is 53.8 Å². The number of likely N-dealkylation sites (tertiary alicyclic amines) is 1. The van der Waals surface area contributed by atoms with E-state index in [-0.39, 0.29) is 24.3 Å². The zero-order chi connectivity index (χ0) is 23.2. The van der Waals surface area contributed by atoms with Crippen molar-refractivity contribution in [3.05, 3.63) is 35.0 Å². The Balaban J connectivity index is 1.31. The van der Waals surface area contributed by atoms with Crippen LogP contribution in [0.25, 0.3) is 10.8 Å². The number of nitrogens with one attached hydrogen (secondary N) is 1. The number of fused-ring (bicyclic) bond motifs is 1. The second-order valence-corrected chi connectivity index (χ2v) is 10.2. The van der Waals surface area contributed by atoms with E-state index in [0.717, 1.165) is 55.1 Å². The van der Waals surface area contributed by atoms with Crippen molar-refractivity contribution in [3.63, 3.8) is 0 Å². The van der Waals surface area contributed by atoms with Crippen LogP contribution in [0.3, 0.4) is 0 Å². The molecule has 174 valence electrons. The van der Waals surface area contributed by atoms with Crippen LogP contribution in [0, 0.1) is 23.2 Å². The molecule has 5 rings (SSSR count).